The summed E-state index contributed by atoms with van der Waals surface area (Å²) in [4.78, 5) is 20.1. The number of nitrogens with one attached hydrogen (secondary N) is 1. The van der Waals surface area contributed by atoms with Crippen molar-refractivity contribution < 1.29 is 18.8 Å². The van der Waals surface area contributed by atoms with Crippen LogP contribution in [0.5, 0.6) is 11.5 Å². The van der Waals surface area contributed by atoms with Crippen LogP contribution in [0.4, 0.5) is 0 Å². The second kappa shape index (κ2) is 12.0. The zero-order valence-electron chi connectivity index (χ0n) is 21.6. The summed E-state index contributed by atoms with van der Waals surface area (Å²) < 4.78 is 16.0. The number of piperidine rings is 1. The molecule has 192 valence electrons. The van der Waals surface area contributed by atoms with Gasteiger partial charge in [-0.2, -0.15) is 4.98 Å². The van der Waals surface area contributed by atoms with Crippen molar-refractivity contribution in [2.24, 2.45) is 11.8 Å². The Kier molecular flexibility index (Phi) is 8.59. The standard InChI is InChI=1S/C28H36N4O4/c1-19(2)16-25(20-7-11-23(34-3)12-8-20)29-28(33)22-6-5-15-32(17-22)18-26-30-27(31-36-26)21-9-13-24(35-4)14-10-21/h7-14,19,22,25H,5-6,15-18H2,1-4H3,(H,29,33). The monoisotopic (exact) mass is 492 g/mol. The fraction of sp³-hybridized carbons (Fsp3) is 0.464. The molecule has 0 saturated carbocycles. The molecular formula is C28H36N4O4. The number of methoxy groups -OCH3 is 2. The maximum Gasteiger partial charge on any atom is 0.241 e. The highest BCUT2D eigenvalue weighted by molar-refractivity contribution is 5.79. The molecule has 3 aromatic rings. The molecule has 1 aliphatic heterocycles. The normalized spacial score (nSPS) is 17.1. The zero-order valence-corrected chi connectivity index (χ0v) is 21.6. The van der Waals surface area contributed by atoms with Gasteiger partial charge in [-0.3, -0.25) is 9.69 Å². The van der Waals surface area contributed by atoms with Crippen molar-refractivity contribution in [3.8, 4) is 22.9 Å². The Labute approximate surface area is 213 Å². The summed E-state index contributed by atoms with van der Waals surface area (Å²) in [6.07, 6.45) is 2.71. The quantitative estimate of drug-likeness (QED) is 0.432. The molecular weight excluding hydrogens is 456 g/mol. The minimum atomic E-state index is -0.0735. The summed E-state index contributed by atoms with van der Waals surface area (Å²) in [6.45, 7) is 6.45. The lowest BCUT2D eigenvalue weighted by molar-refractivity contribution is -0.127. The highest BCUT2D eigenvalue weighted by Gasteiger charge is 2.29. The molecule has 4 rings (SSSR count). The number of nitrogens with zero attached hydrogens (tertiary/aromatic N) is 3. The van der Waals surface area contributed by atoms with Crippen molar-refractivity contribution in [2.75, 3.05) is 27.3 Å². The number of hydrogen-bond acceptors (Lipinski definition) is 7. The second-order valence-corrected chi connectivity index (χ2v) is 9.78. The summed E-state index contributed by atoms with van der Waals surface area (Å²) >= 11 is 0. The van der Waals surface area contributed by atoms with Gasteiger partial charge in [0.2, 0.25) is 17.6 Å². The summed E-state index contributed by atoms with van der Waals surface area (Å²) in [5.41, 5.74) is 1.97. The van der Waals surface area contributed by atoms with Crippen LogP contribution in [0.1, 0.15) is 50.6 Å². The fourth-order valence-electron chi connectivity index (χ4n) is 4.66. The molecule has 8 nitrogen and oxygen atoms in total. The van der Waals surface area contributed by atoms with E-state index in [2.05, 4.69) is 34.2 Å². The van der Waals surface area contributed by atoms with Gasteiger partial charge in [-0.25, -0.2) is 0 Å². The maximum atomic E-state index is 13.3. The molecule has 1 fully saturated rings. The Morgan fingerprint density at radius 1 is 1.08 bits per heavy atom. The van der Waals surface area contributed by atoms with E-state index in [1.54, 1.807) is 14.2 Å². The molecule has 0 bridgehead atoms. The molecule has 8 heteroatoms. The molecule has 1 saturated heterocycles. The molecule has 1 N–H and O–H groups in total. The number of rotatable bonds is 10. The van der Waals surface area contributed by atoms with Gasteiger partial charge in [0.25, 0.3) is 0 Å². The van der Waals surface area contributed by atoms with E-state index >= 15 is 0 Å². The van der Waals surface area contributed by atoms with Gasteiger partial charge in [-0.15, -0.1) is 0 Å². The van der Waals surface area contributed by atoms with Crippen LogP contribution in [-0.2, 0) is 11.3 Å². The van der Waals surface area contributed by atoms with Crippen LogP contribution in [0.25, 0.3) is 11.4 Å². The van der Waals surface area contributed by atoms with E-state index in [1.807, 2.05) is 48.5 Å². The molecule has 1 aromatic heterocycles. The van der Waals surface area contributed by atoms with Gasteiger partial charge in [0.15, 0.2) is 0 Å². The van der Waals surface area contributed by atoms with Crippen LogP contribution in [0.15, 0.2) is 53.1 Å². The van der Waals surface area contributed by atoms with Crippen LogP contribution in [-0.4, -0.2) is 48.3 Å². The Bertz CT molecular complexity index is 1110. The third-order valence-corrected chi connectivity index (χ3v) is 6.59. The second-order valence-electron chi connectivity index (χ2n) is 9.78. The van der Waals surface area contributed by atoms with Crippen LogP contribution in [0.2, 0.25) is 0 Å². The Hall–Kier alpha value is -3.39. The Morgan fingerprint density at radius 2 is 1.75 bits per heavy atom. The Balaban J connectivity index is 1.37. The van der Waals surface area contributed by atoms with Crippen molar-refractivity contribution in [1.82, 2.24) is 20.4 Å². The average Bonchev–Trinajstić information content (AvgIpc) is 3.36. The van der Waals surface area contributed by atoms with Gasteiger partial charge >= 0.3 is 0 Å². The molecule has 2 aromatic carbocycles. The van der Waals surface area contributed by atoms with Gasteiger partial charge in [0, 0.05) is 12.1 Å². The average molecular weight is 493 g/mol. The van der Waals surface area contributed by atoms with Crippen molar-refractivity contribution in [1.29, 1.82) is 0 Å². The van der Waals surface area contributed by atoms with Crippen molar-refractivity contribution in [3.63, 3.8) is 0 Å². The number of aromatic nitrogens is 2. The highest BCUT2D eigenvalue weighted by atomic mass is 16.5. The van der Waals surface area contributed by atoms with Crippen LogP contribution < -0.4 is 14.8 Å². The molecule has 1 amide bonds. The minimum Gasteiger partial charge on any atom is -0.497 e. The molecule has 2 heterocycles. The minimum absolute atomic E-state index is 0.0261. The number of hydrogen-bond donors (Lipinski definition) is 1. The first-order valence-electron chi connectivity index (χ1n) is 12.6. The maximum absolute atomic E-state index is 13.3. The molecule has 2 unspecified atom stereocenters. The molecule has 1 aliphatic rings. The van der Waals surface area contributed by atoms with Crippen LogP contribution in [0, 0.1) is 11.8 Å². The zero-order chi connectivity index (χ0) is 25.5. The van der Waals surface area contributed by atoms with Crippen molar-refractivity contribution >= 4 is 5.91 Å². The SMILES string of the molecule is COc1ccc(-c2noc(CN3CCCC(C(=O)NC(CC(C)C)c4ccc(OC)cc4)C3)n2)cc1. The van der Waals surface area contributed by atoms with Crippen molar-refractivity contribution in [2.45, 2.75) is 45.7 Å². The van der Waals surface area contributed by atoms with Gasteiger partial charge in [-0.05, 0) is 73.7 Å². The van der Waals surface area contributed by atoms with E-state index in [-0.39, 0.29) is 17.9 Å². The number of benzene rings is 2. The summed E-state index contributed by atoms with van der Waals surface area (Å²) in [5, 5.41) is 7.46. The summed E-state index contributed by atoms with van der Waals surface area (Å²) in [5.74, 6) is 3.18. The lowest BCUT2D eigenvalue weighted by Crippen LogP contribution is -2.43. The van der Waals surface area contributed by atoms with Crippen LogP contribution in [0.3, 0.4) is 0 Å². The Morgan fingerprint density at radius 3 is 2.39 bits per heavy atom. The smallest absolute Gasteiger partial charge is 0.241 e. The number of likely N-dealkylation sites (tertiary alicyclic amines) is 1. The third-order valence-electron chi connectivity index (χ3n) is 6.59. The van der Waals surface area contributed by atoms with E-state index in [0.29, 0.717) is 30.7 Å². The van der Waals surface area contributed by atoms with E-state index < -0.39 is 0 Å². The fourth-order valence-corrected chi connectivity index (χ4v) is 4.66. The van der Waals surface area contributed by atoms with Crippen LogP contribution >= 0.6 is 0 Å². The largest absolute Gasteiger partial charge is 0.497 e. The molecule has 2 atom stereocenters. The number of carbonyl (C=O) groups excluding carboxylic acids is 1. The van der Waals surface area contributed by atoms with E-state index in [4.69, 9.17) is 14.0 Å². The molecule has 0 spiro atoms. The van der Waals surface area contributed by atoms with Gasteiger partial charge in [0.1, 0.15) is 11.5 Å². The topological polar surface area (TPSA) is 89.7 Å². The number of ether oxygens (including phenoxy) is 2. The number of carbonyl (C=O) groups is 1. The first kappa shape index (κ1) is 25.7. The predicted octanol–water partition coefficient (Wildman–Crippen LogP) is 4.87. The molecule has 0 radical (unpaired) electrons. The molecule has 0 aliphatic carbocycles. The first-order valence-corrected chi connectivity index (χ1v) is 12.6. The first-order chi connectivity index (χ1) is 17.4. The van der Waals surface area contributed by atoms with E-state index in [1.165, 1.54) is 0 Å². The van der Waals surface area contributed by atoms with E-state index in [0.717, 1.165) is 48.4 Å². The summed E-state index contributed by atoms with van der Waals surface area (Å²) in [6, 6.07) is 15.5. The lowest BCUT2D eigenvalue weighted by Gasteiger charge is -2.32. The van der Waals surface area contributed by atoms with Gasteiger partial charge in [-0.1, -0.05) is 31.1 Å². The highest BCUT2D eigenvalue weighted by Crippen LogP contribution is 2.26. The van der Waals surface area contributed by atoms with Gasteiger partial charge < -0.3 is 19.3 Å². The number of amides is 1. The van der Waals surface area contributed by atoms with Crippen molar-refractivity contribution in [3.05, 3.63) is 60.0 Å². The van der Waals surface area contributed by atoms with E-state index in [9.17, 15) is 4.79 Å². The molecule has 36 heavy (non-hydrogen) atoms. The predicted molar refractivity (Wildman–Crippen MR) is 138 cm³/mol. The summed E-state index contributed by atoms with van der Waals surface area (Å²) in [7, 11) is 3.29. The lowest BCUT2D eigenvalue weighted by atomic mass is 9.93. The van der Waals surface area contributed by atoms with Gasteiger partial charge in [0.05, 0.1) is 32.7 Å². The third kappa shape index (κ3) is 6.63.